The van der Waals surface area contributed by atoms with Crippen LogP contribution in [0.25, 0.3) is 0 Å². The summed E-state index contributed by atoms with van der Waals surface area (Å²) in [6.07, 6.45) is 0. The second kappa shape index (κ2) is 5.89. The van der Waals surface area contributed by atoms with Crippen LogP contribution < -0.4 is 9.46 Å². The van der Waals surface area contributed by atoms with E-state index >= 15 is 0 Å². The number of amides is 1. The van der Waals surface area contributed by atoms with Crippen molar-refractivity contribution < 1.29 is 17.9 Å². The maximum absolute atomic E-state index is 11.9. The van der Waals surface area contributed by atoms with Gasteiger partial charge >= 0.3 is 0 Å². The highest BCUT2D eigenvalue weighted by molar-refractivity contribution is 9.40. The van der Waals surface area contributed by atoms with Gasteiger partial charge in [0.2, 0.25) is 2.14 Å². The van der Waals surface area contributed by atoms with Crippen LogP contribution in [0, 0.1) is 0 Å². The normalized spacial score (nSPS) is 12.0. The van der Waals surface area contributed by atoms with Gasteiger partial charge in [-0.1, -0.05) is 0 Å². The molecule has 1 N–H and O–H groups in total. The molecule has 0 unspecified atom stereocenters. The average Bonchev–Trinajstić information content (AvgIpc) is 2.27. The maximum atomic E-state index is 11.9. The third-order valence-electron chi connectivity index (χ3n) is 1.85. The van der Waals surface area contributed by atoms with Crippen LogP contribution in [-0.2, 0) is 14.8 Å². The zero-order valence-electron chi connectivity index (χ0n) is 8.98. The van der Waals surface area contributed by atoms with Crippen LogP contribution in [-0.4, -0.2) is 23.6 Å². The lowest BCUT2D eigenvalue weighted by atomic mass is 10.3. The molecule has 0 radical (unpaired) electrons. The van der Waals surface area contributed by atoms with Crippen molar-refractivity contribution in [2.75, 3.05) is 7.11 Å². The van der Waals surface area contributed by atoms with E-state index in [4.69, 9.17) is 4.74 Å². The van der Waals surface area contributed by atoms with Crippen LogP contribution in [0.2, 0.25) is 0 Å². The number of carbonyl (C=O) groups is 1. The van der Waals surface area contributed by atoms with Crippen LogP contribution in [0.3, 0.4) is 0 Å². The van der Waals surface area contributed by atoms with E-state index in [0.717, 1.165) is 0 Å². The summed E-state index contributed by atoms with van der Waals surface area (Å²) in [4.78, 5) is 11.5. The zero-order chi connectivity index (χ0) is 14.0. The first-order valence-corrected chi connectivity index (χ1v) is 8.31. The number of benzene rings is 1. The van der Waals surface area contributed by atoms with Crippen LogP contribution in [0.4, 0.5) is 0 Å². The lowest BCUT2D eigenvalue weighted by molar-refractivity contribution is -0.117. The first kappa shape index (κ1) is 15.9. The predicted molar refractivity (Wildman–Crippen MR) is 77.8 cm³/mol. The number of hydrogen-bond acceptors (Lipinski definition) is 4. The van der Waals surface area contributed by atoms with Crippen molar-refractivity contribution in [3.8, 4) is 5.75 Å². The molecule has 0 aliphatic heterocycles. The minimum absolute atomic E-state index is 0.0339. The minimum atomic E-state index is -3.91. The lowest BCUT2D eigenvalue weighted by Crippen LogP contribution is -2.37. The summed E-state index contributed by atoms with van der Waals surface area (Å²) in [5.74, 6) is -0.269. The largest absolute Gasteiger partial charge is 0.497 e. The molecule has 1 aromatic carbocycles. The van der Waals surface area contributed by atoms with Crippen LogP contribution in [0.15, 0.2) is 29.2 Å². The van der Waals surface area contributed by atoms with Crippen LogP contribution >= 0.6 is 47.8 Å². The van der Waals surface area contributed by atoms with Gasteiger partial charge in [0.1, 0.15) is 5.75 Å². The summed E-state index contributed by atoms with van der Waals surface area (Å²) in [6, 6.07) is 5.66. The Labute approximate surface area is 130 Å². The highest BCUT2D eigenvalue weighted by Crippen LogP contribution is 2.33. The number of carbonyl (C=O) groups excluding carboxylic acids is 1. The van der Waals surface area contributed by atoms with Gasteiger partial charge in [-0.15, -0.1) is 0 Å². The van der Waals surface area contributed by atoms with Crippen molar-refractivity contribution in [1.82, 2.24) is 4.72 Å². The Morgan fingerprint density at radius 3 is 2.11 bits per heavy atom. The van der Waals surface area contributed by atoms with Gasteiger partial charge in [0.05, 0.1) is 12.0 Å². The summed E-state index contributed by atoms with van der Waals surface area (Å²) < 4.78 is 29.2. The molecule has 5 nitrogen and oxygen atoms in total. The quantitative estimate of drug-likeness (QED) is 0.695. The molecule has 18 heavy (non-hydrogen) atoms. The van der Waals surface area contributed by atoms with E-state index in [-0.39, 0.29) is 4.90 Å². The summed E-state index contributed by atoms with van der Waals surface area (Å²) >= 11 is 8.79. The third kappa shape index (κ3) is 4.22. The number of rotatable bonds is 3. The second-order valence-corrected chi connectivity index (χ2v) is 11.6. The number of hydrogen-bond donors (Lipinski definition) is 1. The van der Waals surface area contributed by atoms with Crippen molar-refractivity contribution in [3.63, 3.8) is 0 Å². The number of ether oxygens (including phenoxy) is 1. The Balaban J connectivity index is 2.96. The van der Waals surface area contributed by atoms with E-state index in [0.29, 0.717) is 5.75 Å². The molecular formula is C9H8Br3NO4S. The summed E-state index contributed by atoms with van der Waals surface area (Å²) in [6.45, 7) is 0. The monoisotopic (exact) mass is 463 g/mol. The first-order chi connectivity index (χ1) is 8.16. The van der Waals surface area contributed by atoms with Gasteiger partial charge in [-0.3, -0.25) is 4.79 Å². The molecule has 9 heteroatoms. The molecule has 0 saturated heterocycles. The first-order valence-electron chi connectivity index (χ1n) is 4.45. The predicted octanol–water partition coefficient (Wildman–Crippen LogP) is 2.34. The van der Waals surface area contributed by atoms with Gasteiger partial charge in [0.25, 0.3) is 15.9 Å². The molecule has 0 aliphatic rings. The van der Waals surface area contributed by atoms with Crippen LogP contribution in [0.5, 0.6) is 5.75 Å². The zero-order valence-corrected chi connectivity index (χ0v) is 14.6. The summed E-state index contributed by atoms with van der Waals surface area (Å²) in [7, 11) is -2.44. The Morgan fingerprint density at radius 2 is 1.72 bits per heavy atom. The van der Waals surface area contributed by atoms with E-state index in [1.165, 1.54) is 31.4 Å². The van der Waals surface area contributed by atoms with Crippen molar-refractivity contribution >= 4 is 63.7 Å². The molecule has 0 atom stereocenters. The molecular weight excluding hydrogens is 458 g/mol. The fourth-order valence-electron chi connectivity index (χ4n) is 0.994. The molecule has 1 amide bonds. The number of halogens is 3. The molecule has 0 aromatic heterocycles. The fourth-order valence-corrected chi connectivity index (χ4v) is 2.69. The maximum Gasteiger partial charge on any atom is 0.272 e. The molecule has 0 fully saturated rings. The van der Waals surface area contributed by atoms with E-state index < -0.39 is 18.1 Å². The lowest BCUT2D eigenvalue weighted by Gasteiger charge is -2.13. The Morgan fingerprint density at radius 1 is 1.22 bits per heavy atom. The van der Waals surface area contributed by atoms with Crippen molar-refractivity contribution in [1.29, 1.82) is 0 Å². The van der Waals surface area contributed by atoms with Gasteiger partial charge < -0.3 is 4.74 Å². The topological polar surface area (TPSA) is 72.5 Å². The molecule has 0 saturated carbocycles. The average molecular weight is 466 g/mol. The van der Waals surface area contributed by atoms with Gasteiger partial charge in [0, 0.05) is 0 Å². The number of sulfonamides is 1. The Hall–Kier alpha value is -0.120. The number of alkyl halides is 3. The Bertz CT molecular complexity index is 536. The molecule has 0 spiro atoms. The van der Waals surface area contributed by atoms with E-state index in [1.807, 2.05) is 4.72 Å². The SMILES string of the molecule is COc1ccc(S(=O)(=O)NC(=O)C(Br)(Br)Br)cc1. The van der Waals surface area contributed by atoms with Gasteiger partial charge in [-0.05, 0) is 72.1 Å². The minimum Gasteiger partial charge on any atom is -0.497 e. The Kier molecular flexibility index (Phi) is 5.22. The standard InChI is InChI=1S/C9H8Br3NO4S/c1-17-6-2-4-7(5-3-6)18(15,16)13-8(14)9(10,11)12/h2-5H,1H3,(H,13,14). The third-order valence-corrected chi connectivity index (χ3v) is 4.28. The van der Waals surface area contributed by atoms with E-state index in [1.54, 1.807) is 0 Å². The van der Waals surface area contributed by atoms with Crippen molar-refractivity contribution in [3.05, 3.63) is 24.3 Å². The molecule has 0 aliphatic carbocycles. The van der Waals surface area contributed by atoms with E-state index in [9.17, 15) is 13.2 Å². The smallest absolute Gasteiger partial charge is 0.272 e. The highest BCUT2D eigenvalue weighted by atomic mass is 80.0. The fraction of sp³-hybridized carbons (Fsp3) is 0.222. The molecule has 0 bridgehead atoms. The number of nitrogens with one attached hydrogen (secondary N) is 1. The van der Waals surface area contributed by atoms with Gasteiger partial charge in [0.15, 0.2) is 0 Å². The highest BCUT2D eigenvalue weighted by Gasteiger charge is 2.32. The molecule has 0 heterocycles. The van der Waals surface area contributed by atoms with Crippen molar-refractivity contribution in [2.45, 2.75) is 7.04 Å². The second-order valence-electron chi connectivity index (χ2n) is 3.11. The summed E-state index contributed by atoms with van der Waals surface area (Å²) in [5.41, 5.74) is 0. The van der Waals surface area contributed by atoms with Crippen molar-refractivity contribution in [2.24, 2.45) is 0 Å². The van der Waals surface area contributed by atoms with Crippen LogP contribution in [0.1, 0.15) is 0 Å². The summed E-state index contributed by atoms with van der Waals surface area (Å²) in [5, 5.41) is 0. The molecule has 1 rings (SSSR count). The molecule has 1 aromatic rings. The van der Waals surface area contributed by atoms with Gasteiger partial charge in [-0.25, -0.2) is 13.1 Å². The molecule has 100 valence electrons. The van der Waals surface area contributed by atoms with Gasteiger partial charge in [-0.2, -0.15) is 0 Å². The number of methoxy groups -OCH3 is 1. The van der Waals surface area contributed by atoms with E-state index in [2.05, 4.69) is 47.8 Å².